The molecule has 0 fully saturated rings. The maximum absolute atomic E-state index is 12.1. The summed E-state index contributed by atoms with van der Waals surface area (Å²) in [5, 5.41) is 12.0. The summed E-state index contributed by atoms with van der Waals surface area (Å²) in [6.07, 6.45) is 2.28. The van der Waals surface area contributed by atoms with Crippen molar-refractivity contribution in [2.45, 2.75) is 6.42 Å². The van der Waals surface area contributed by atoms with E-state index < -0.39 is 0 Å². The minimum atomic E-state index is -0.375. The smallest absolute Gasteiger partial charge is 0.261 e. The highest BCUT2D eigenvalue weighted by Crippen LogP contribution is 2.26. The summed E-state index contributed by atoms with van der Waals surface area (Å²) >= 11 is 3.39. The first-order valence-corrected chi connectivity index (χ1v) is 8.21. The Kier molecular flexibility index (Phi) is 6.59. The van der Waals surface area contributed by atoms with Crippen LogP contribution in [0, 0.1) is 11.3 Å². The molecule has 0 aliphatic rings. The molecule has 0 aliphatic carbocycles. The van der Waals surface area contributed by atoms with E-state index in [1.165, 1.54) is 0 Å². The summed E-state index contributed by atoms with van der Waals surface area (Å²) in [4.78, 5) is 12.1. The fourth-order valence-electron chi connectivity index (χ4n) is 2.15. The van der Waals surface area contributed by atoms with Gasteiger partial charge >= 0.3 is 0 Å². The number of hydrogen-bond acceptors (Lipinski definition) is 3. The van der Waals surface area contributed by atoms with Crippen LogP contribution in [0.25, 0.3) is 6.08 Å². The van der Waals surface area contributed by atoms with Crippen molar-refractivity contribution in [3.05, 3.63) is 69.7 Å². The van der Waals surface area contributed by atoms with E-state index in [1.54, 1.807) is 31.4 Å². The van der Waals surface area contributed by atoms with Crippen molar-refractivity contribution in [2.24, 2.45) is 0 Å². The zero-order chi connectivity index (χ0) is 17.4. The standard InChI is InChI=1S/C19H17BrN2O2/c1-24-18-8-7-15(12-17(18)20)11-16(13-21)19(23)22-10-9-14-5-3-2-4-6-14/h2-8,11-12H,9-10H2,1H3,(H,22,23)/b16-11-. The van der Waals surface area contributed by atoms with Crippen LogP contribution in [0.15, 0.2) is 58.6 Å². The number of carbonyl (C=O) groups excluding carboxylic acids is 1. The second-order valence-electron chi connectivity index (χ2n) is 5.06. The van der Waals surface area contributed by atoms with Gasteiger partial charge in [0.15, 0.2) is 0 Å². The molecule has 0 spiro atoms. The van der Waals surface area contributed by atoms with Gasteiger partial charge in [-0.2, -0.15) is 5.26 Å². The van der Waals surface area contributed by atoms with Gasteiger partial charge in [-0.25, -0.2) is 0 Å². The summed E-state index contributed by atoms with van der Waals surface area (Å²) in [5.74, 6) is 0.318. The maximum Gasteiger partial charge on any atom is 0.261 e. The Labute approximate surface area is 149 Å². The van der Waals surface area contributed by atoms with E-state index in [0.29, 0.717) is 12.3 Å². The summed E-state index contributed by atoms with van der Waals surface area (Å²) in [6, 6.07) is 17.2. The molecule has 0 atom stereocenters. The number of nitrogens with one attached hydrogen (secondary N) is 1. The van der Waals surface area contributed by atoms with Crippen LogP contribution >= 0.6 is 15.9 Å². The van der Waals surface area contributed by atoms with Gasteiger partial charge in [0.2, 0.25) is 0 Å². The molecule has 24 heavy (non-hydrogen) atoms. The summed E-state index contributed by atoms with van der Waals surface area (Å²) in [5.41, 5.74) is 1.96. The molecule has 0 bridgehead atoms. The number of hydrogen-bond donors (Lipinski definition) is 1. The number of ether oxygens (including phenoxy) is 1. The highest BCUT2D eigenvalue weighted by atomic mass is 79.9. The van der Waals surface area contributed by atoms with Gasteiger partial charge in [-0.3, -0.25) is 4.79 Å². The molecule has 4 nitrogen and oxygen atoms in total. The molecule has 0 aromatic heterocycles. The molecule has 122 valence electrons. The van der Waals surface area contributed by atoms with Gasteiger partial charge in [0.1, 0.15) is 17.4 Å². The number of amides is 1. The number of nitriles is 1. The monoisotopic (exact) mass is 384 g/mol. The summed E-state index contributed by atoms with van der Waals surface area (Å²) < 4.78 is 5.93. The molecule has 0 saturated heterocycles. The lowest BCUT2D eigenvalue weighted by atomic mass is 10.1. The van der Waals surface area contributed by atoms with Gasteiger partial charge in [-0.15, -0.1) is 0 Å². The first-order chi connectivity index (χ1) is 11.6. The van der Waals surface area contributed by atoms with E-state index in [4.69, 9.17) is 4.74 Å². The van der Waals surface area contributed by atoms with Gasteiger partial charge in [-0.05, 0) is 51.7 Å². The quantitative estimate of drug-likeness (QED) is 0.609. The van der Waals surface area contributed by atoms with Crippen LogP contribution in [-0.2, 0) is 11.2 Å². The van der Waals surface area contributed by atoms with Gasteiger partial charge in [0, 0.05) is 6.54 Å². The highest BCUT2D eigenvalue weighted by molar-refractivity contribution is 9.10. The number of methoxy groups -OCH3 is 1. The molecule has 0 unspecified atom stereocenters. The Hall–Kier alpha value is -2.58. The van der Waals surface area contributed by atoms with Crippen LogP contribution in [0.5, 0.6) is 5.75 Å². The molecule has 0 saturated carbocycles. The maximum atomic E-state index is 12.1. The minimum Gasteiger partial charge on any atom is -0.496 e. The molecule has 1 amide bonds. The van der Waals surface area contributed by atoms with Gasteiger partial charge in [-0.1, -0.05) is 36.4 Å². The van der Waals surface area contributed by atoms with E-state index >= 15 is 0 Å². The van der Waals surface area contributed by atoms with Gasteiger partial charge in [0.05, 0.1) is 11.6 Å². The summed E-state index contributed by atoms with van der Waals surface area (Å²) in [7, 11) is 1.58. The van der Waals surface area contributed by atoms with E-state index in [1.807, 2.05) is 36.4 Å². The van der Waals surface area contributed by atoms with Crippen molar-refractivity contribution in [3.63, 3.8) is 0 Å². The fraction of sp³-hybridized carbons (Fsp3) is 0.158. The third kappa shape index (κ3) is 4.97. The number of carbonyl (C=O) groups is 1. The summed E-state index contributed by atoms with van der Waals surface area (Å²) in [6.45, 7) is 0.480. The highest BCUT2D eigenvalue weighted by Gasteiger charge is 2.09. The first kappa shape index (κ1) is 17.8. The fourth-order valence-corrected chi connectivity index (χ4v) is 2.71. The second kappa shape index (κ2) is 8.90. The molecular formula is C19H17BrN2O2. The number of halogens is 1. The van der Waals surface area contributed by atoms with Crippen molar-refractivity contribution in [1.82, 2.24) is 5.32 Å². The first-order valence-electron chi connectivity index (χ1n) is 7.41. The lowest BCUT2D eigenvalue weighted by Crippen LogP contribution is -2.26. The molecule has 0 radical (unpaired) electrons. The average Bonchev–Trinajstić information content (AvgIpc) is 2.60. The van der Waals surface area contributed by atoms with Crippen LogP contribution in [0.3, 0.4) is 0 Å². The van der Waals surface area contributed by atoms with E-state index in [0.717, 1.165) is 22.0 Å². The van der Waals surface area contributed by atoms with Crippen molar-refractivity contribution < 1.29 is 9.53 Å². The third-order valence-electron chi connectivity index (χ3n) is 3.39. The molecule has 5 heteroatoms. The SMILES string of the molecule is COc1ccc(/C=C(/C#N)C(=O)NCCc2ccccc2)cc1Br. The van der Waals surface area contributed by atoms with Crippen molar-refractivity contribution in [1.29, 1.82) is 5.26 Å². The van der Waals surface area contributed by atoms with Crippen LogP contribution in [0.1, 0.15) is 11.1 Å². The predicted octanol–water partition coefficient (Wildman–Crippen LogP) is 3.72. The van der Waals surface area contributed by atoms with Crippen LogP contribution < -0.4 is 10.1 Å². The molecular weight excluding hydrogens is 368 g/mol. The average molecular weight is 385 g/mol. The third-order valence-corrected chi connectivity index (χ3v) is 4.01. The zero-order valence-electron chi connectivity index (χ0n) is 13.3. The van der Waals surface area contributed by atoms with Crippen LogP contribution in [0.2, 0.25) is 0 Å². The minimum absolute atomic E-state index is 0.0696. The Morgan fingerprint density at radius 3 is 2.67 bits per heavy atom. The van der Waals surface area contributed by atoms with Gasteiger partial charge in [0.25, 0.3) is 5.91 Å². The zero-order valence-corrected chi connectivity index (χ0v) is 14.8. The van der Waals surface area contributed by atoms with Crippen molar-refractivity contribution in [3.8, 4) is 11.8 Å². The lowest BCUT2D eigenvalue weighted by molar-refractivity contribution is -0.117. The Balaban J connectivity index is 2.00. The van der Waals surface area contributed by atoms with Gasteiger partial charge < -0.3 is 10.1 Å². The van der Waals surface area contributed by atoms with E-state index in [9.17, 15) is 10.1 Å². The number of rotatable bonds is 6. The number of nitrogens with zero attached hydrogens (tertiary/aromatic N) is 1. The second-order valence-corrected chi connectivity index (χ2v) is 5.91. The Bertz CT molecular complexity index is 780. The van der Waals surface area contributed by atoms with E-state index in [2.05, 4.69) is 21.2 Å². The topological polar surface area (TPSA) is 62.1 Å². The van der Waals surface area contributed by atoms with Crippen LogP contribution in [0.4, 0.5) is 0 Å². The van der Waals surface area contributed by atoms with Crippen molar-refractivity contribution >= 4 is 27.9 Å². The molecule has 1 N–H and O–H groups in total. The molecule has 2 aromatic carbocycles. The normalized spacial score (nSPS) is 10.8. The molecule has 2 rings (SSSR count). The van der Waals surface area contributed by atoms with Crippen LogP contribution in [-0.4, -0.2) is 19.6 Å². The number of benzene rings is 2. The lowest BCUT2D eigenvalue weighted by Gasteiger charge is -2.06. The van der Waals surface area contributed by atoms with E-state index in [-0.39, 0.29) is 11.5 Å². The molecule has 0 aliphatic heterocycles. The Morgan fingerprint density at radius 1 is 1.29 bits per heavy atom. The largest absolute Gasteiger partial charge is 0.496 e. The van der Waals surface area contributed by atoms with Crippen molar-refractivity contribution in [2.75, 3.05) is 13.7 Å². The molecule has 0 heterocycles. The predicted molar refractivity (Wildman–Crippen MR) is 97.4 cm³/mol. The Morgan fingerprint density at radius 2 is 2.04 bits per heavy atom. The molecule has 2 aromatic rings.